The van der Waals surface area contributed by atoms with Crippen molar-refractivity contribution in [2.24, 2.45) is 5.92 Å². The van der Waals surface area contributed by atoms with Crippen LogP contribution in [0, 0.1) is 5.92 Å². The fraction of sp³-hybridized carbons (Fsp3) is 0.200. The van der Waals surface area contributed by atoms with Gasteiger partial charge in [0.05, 0.1) is 17.4 Å². The Morgan fingerprint density at radius 3 is 2.16 bits per heavy atom. The highest BCUT2D eigenvalue weighted by molar-refractivity contribution is 9.10. The summed E-state index contributed by atoms with van der Waals surface area (Å²) >= 11 is 3.47. The summed E-state index contributed by atoms with van der Waals surface area (Å²) in [6, 6.07) is 24.4. The fourth-order valence-electron chi connectivity index (χ4n) is 4.39. The number of anilines is 3. The maximum absolute atomic E-state index is 13.7. The maximum atomic E-state index is 13.7. The minimum absolute atomic E-state index is 0.257. The molecule has 0 saturated carbocycles. The van der Waals surface area contributed by atoms with Crippen LogP contribution in [-0.2, 0) is 14.4 Å². The van der Waals surface area contributed by atoms with Gasteiger partial charge < -0.3 is 4.90 Å². The van der Waals surface area contributed by atoms with Crippen LogP contribution in [0.2, 0.25) is 0 Å². The average Bonchev–Trinajstić information content (AvgIpc) is 3.31. The van der Waals surface area contributed by atoms with Crippen LogP contribution in [0.25, 0.3) is 0 Å². The summed E-state index contributed by atoms with van der Waals surface area (Å²) in [5.74, 6) is -1.26. The molecular formula is C25H22BrN3O3. The molecule has 2 fully saturated rings. The van der Waals surface area contributed by atoms with Crippen LogP contribution in [0.5, 0.6) is 0 Å². The third kappa shape index (κ3) is 3.29. The average molecular weight is 492 g/mol. The monoisotopic (exact) mass is 491 g/mol. The molecule has 162 valence electrons. The summed E-state index contributed by atoms with van der Waals surface area (Å²) in [4.78, 5) is 36.5. The molecule has 2 heterocycles. The predicted octanol–water partition coefficient (Wildman–Crippen LogP) is 4.57. The van der Waals surface area contributed by atoms with Gasteiger partial charge in [0, 0.05) is 24.3 Å². The molecule has 3 aromatic rings. The van der Waals surface area contributed by atoms with Gasteiger partial charge in [-0.1, -0.05) is 42.5 Å². The summed E-state index contributed by atoms with van der Waals surface area (Å²) in [6.45, 7) is 0. The number of carbonyl (C=O) groups is 2. The number of hydrogen-bond donors (Lipinski definition) is 0. The Morgan fingerprint density at radius 1 is 0.844 bits per heavy atom. The quantitative estimate of drug-likeness (QED) is 0.500. The number of imide groups is 1. The van der Waals surface area contributed by atoms with E-state index in [-0.39, 0.29) is 11.8 Å². The lowest BCUT2D eigenvalue weighted by Gasteiger charge is -2.29. The zero-order valence-electron chi connectivity index (χ0n) is 17.7. The molecule has 0 aliphatic carbocycles. The van der Waals surface area contributed by atoms with Gasteiger partial charge in [0.15, 0.2) is 6.10 Å². The van der Waals surface area contributed by atoms with E-state index in [2.05, 4.69) is 15.9 Å². The lowest BCUT2D eigenvalue weighted by Crippen LogP contribution is -2.37. The van der Waals surface area contributed by atoms with E-state index in [1.807, 2.05) is 91.8 Å². The maximum Gasteiger partial charge on any atom is 0.266 e. The second kappa shape index (κ2) is 8.07. The normalized spacial score (nSPS) is 22.4. The molecule has 7 heteroatoms. The zero-order valence-corrected chi connectivity index (χ0v) is 19.3. The van der Waals surface area contributed by atoms with Crippen LogP contribution in [0.15, 0.2) is 83.3 Å². The first-order chi connectivity index (χ1) is 15.5. The van der Waals surface area contributed by atoms with Crippen molar-refractivity contribution in [2.45, 2.75) is 12.1 Å². The number of halogens is 1. The van der Waals surface area contributed by atoms with E-state index in [0.717, 1.165) is 16.9 Å². The van der Waals surface area contributed by atoms with E-state index >= 15 is 0 Å². The molecule has 0 spiro atoms. The van der Waals surface area contributed by atoms with Crippen molar-refractivity contribution in [3.63, 3.8) is 0 Å². The molecule has 2 amide bonds. The lowest BCUT2D eigenvalue weighted by atomic mass is 9.90. The lowest BCUT2D eigenvalue weighted by molar-refractivity contribution is -0.126. The first-order valence-electron chi connectivity index (χ1n) is 10.4. The van der Waals surface area contributed by atoms with E-state index in [9.17, 15) is 9.59 Å². The molecule has 3 atom stereocenters. The van der Waals surface area contributed by atoms with E-state index in [0.29, 0.717) is 10.2 Å². The van der Waals surface area contributed by atoms with Crippen LogP contribution in [-0.4, -0.2) is 32.0 Å². The molecule has 2 saturated heterocycles. The topological polar surface area (TPSA) is 53.1 Å². The summed E-state index contributed by atoms with van der Waals surface area (Å²) in [6.07, 6.45) is -0.881. The first kappa shape index (κ1) is 20.7. The molecule has 0 bridgehead atoms. The Balaban J connectivity index is 1.58. The minimum atomic E-state index is -0.881. The molecule has 0 radical (unpaired) electrons. The van der Waals surface area contributed by atoms with Crippen LogP contribution in [0.4, 0.5) is 17.1 Å². The highest BCUT2D eigenvalue weighted by Crippen LogP contribution is 2.48. The van der Waals surface area contributed by atoms with Gasteiger partial charge in [-0.15, -0.1) is 0 Å². The SMILES string of the molecule is CN(C)c1ccc([C@@H]2[C@H]3C(=O)N(c4ccccc4Br)C(=O)[C@H]3ON2c2ccccc2)cc1. The van der Waals surface area contributed by atoms with E-state index < -0.39 is 18.1 Å². The van der Waals surface area contributed by atoms with E-state index in [1.165, 1.54) is 4.90 Å². The van der Waals surface area contributed by atoms with Gasteiger partial charge in [0.1, 0.15) is 5.92 Å². The van der Waals surface area contributed by atoms with Crippen LogP contribution in [0.3, 0.4) is 0 Å². The summed E-state index contributed by atoms with van der Waals surface area (Å²) < 4.78 is 0.688. The number of nitrogens with zero attached hydrogens (tertiary/aromatic N) is 3. The zero-order chi connectivity index (χ0) is 22.4. The largest absolute Gasteiger partial charge is 0.378 e. The Morgan fingerprint density at radius 2 is 1.50 bits per heavy atom. The van der Waals surface area contributed by atoms with Crippen molar-refractivity contribution in [3.05, 3.63) is 88.9 Å². The summed E-state index contributed by atoms with van der Waals surface area (Å²) in [5.41, 5.74) is 3.31. The molecule has 6 nitrogen and oxygen atoms in total. The Labute approximate surface area is 195 Å². The second-order valence-corrected chi connectivity index (χ2v) is 8.96. The number of rotatable bonds is 4. The van der Waals surface area contributed by atoms with Crippen molar-refractivity contribution >= 4 is 44.8 Å². The Hall–Kier alpha value is -3.16. The summed E-state index contributed by atoms with van der Waals surface area (Å²) in [7, 11) is 3.96. The van der Waals surface area contributed by atoms with Gasteiger partial charge in [0.2, 0.25) is 5.91 Å². The molecular weight excluding hydrogens is 470 g/mol. The van der Waals surface area contributed by atoms with E-state index in [1.54, 1.807) is 11.1 Å². The van der Waals surface area contributed by atoms with Gasteiger partial charge in [-0.05, 0) is 57.9 Å². The molecule has 2 aliphatic rings. The van der Waals surface area contributed by atoms with Crippen molar-refractivity contribution in [2.75, 3.05) is 29.0 Å². The number of para-hydroxylation sites is 2. The second-order valence-electron chi connectivity index (χ2n) is 8.11. The van der Waals surface area contributed by atoms with Crippen molar-refractivity contribution in [1.29, 1.82) is 0 Å². The standard InChI is InChI=1S/C25H22BrN3O3/c1-27(2)17-14-12-16(13-15-17)22-21-23(32-29(22)18-8-4-3-5-9-18)25(31)28(24(21)30)20-11-7-6-10-19(20)26/h3-15,21-23H,1-2H3/t21-,22-,23+/m1/s1. The number of carbonyl (C=O) groups excluding carboxylic acids is 2. The van der Waals surface area contributed by atoms with Crippen LogP contribution in [0.1, 0.15) is 11.6 Å². The smallest absolute Gasteiger partial charge is 0.266 e. The first-order valence-corrected chi connectivity index (χ1v) is 11.2. The number of fused-ring (bicyclic) bond motifs is 1. The Kier molecular flexibility index (Phi) is 5.23. The van der Waals surface area contributed by atoms with E-state index in [4.69, 9.17) is 4.84 Å². The van der Waals surface area contributed by atoms with Crippen LogP contribution < -0.4 is 14.9 Å². The minimum Gasteiger partial charge on any atom is -0.378 e. The number of amides is 2. The number of benzene rings is 3. The van der Waals surface area contributed by atoms with Gasteiger partial charge >= 0.3 is 0 Å². The highest BCUT2D eigenvalue weighted by Gasteiger charge is 2.60. The van der Waals surface area contributed by atoms with Gasteiger partial charge in [-0.2, -0.15) is 0 Å². The van der Waals surface area contributed by atoms with Gasteiger partial charge in [-0.3, -0.25) is 14.4 Å². The molecule has 0 aromatic heterocycles. The van der Waals surface area contributed by atoms with Gasteiger partial charge in [0.25, 0.3) is 5.91 Å². The third-order valence-corrected chi connectivity index (χ3v) is 6.64. The highest BCUT2D eigenvalue weighted by atomic mass is 79.9. The molecule has 2 aliphatic heterocycles. The van der Waals surface area contributed by atoms with Crippen LogP contribution >= 0.6 is 15.9 Å². The predicted molar refractivity (Wildman–Crippen MR) is 127 cm³/mol. The fourth-order valence-corrected chi connectivity index (χ4v) is 4.85. The van der Waals surface area contributed by atoms with Gasteiger partial charge in [-0.25, -0.2) is 9.96 Å². The van der Waals surface area contributed by atoms with Crippen molar-refractivity contribution < 1.29 is 14.4 Å². The molecule has 0 unspecified atom stereocenters. The molecule has 5 rings (SSSR count). The third-order valence-electron chi connectivity index (χ3n) is 5.97. The summed E-state index contributed by atoms with van der Waals surface area (Å²) in [5, 5.41) is 1.72. The van der Waals surface area contributed by atoms with Crippen molar-refractivity contribution in [1.82, 2.24) is 0 Å². The number of hydroxylamine groups is 1. The molecule has 32 heavy (non-hydrogen) atoms. The Bertz CT molecular complexity index is 1170. The molecule has 3 aromatic carbocycles. The number of hydrogen-bond acceptors (Lipinski definition) is 5. The van der Waals surface area contributed by atoms with Crippen molar-refractivity contribution in [3.8, 4) is 0 Å². The molecule has 0 N–H and O–H groups in total.